The fourth-order valence-corrected chi connectivity index (χ4v) is 2.65. The van der Waals surface area contributed by atoms with Crippen LogP contribution in [-0.2, 0) is 6.54 Å². The molecule has 118 valence electrons. The summed E-state index contributed by atoms with van der Waals surface area (Å²) in [5, 5.41) is 0. The number of hydrogen-bond acceptors (Lipinski definition) is 3. The Kier molecular flexibility index (Phi) is 3.73. The fourth-order valence-electron chi connectivity index (χ4n) is 2.65. The van der Waals surface area contributed by atoms with Gasteiger partial charge in [-0.15, -0.1) is 0 Å². The van der Waals surface area contributed by atoms with Crippen molar-refractivity contribution < 1.29 is 4.79 Å². The average molecular weight is 310 g/mol. The number of aromatic amines is 1. The maximum absolute atomic E-state index is 12.5. The minimum absolute atomic E-state index is 0.177. The van der Waals surface area contributed by atoms with Gasteiger partial charge >= 0.3 is 0 Å². The topological polar surface area (TPSA) is 70.5 Å². The van der Waals surface area contributed by atoms with Crippen molar-refractivity contribution in [2.75, 3.05) is 7.05 Å². The van der Waals surface area contributed by atoms with Gasteiger partial charge in [0, 0.05) is 31.1 Å². The molecule has 6 heteroatoms. The standard InChI is InChI=1S/C17H18N4O2/c1-11-8-13(22)9-14(18-11)17(23)20(3)10-15-12(2)19-16-6-4-5-7-21(15)16/h4-9H,10H2,1-3H3,(H,18,22). The number of rotatable bonds is 3. The molecule has 0 aliphatic carbocycles. The van der Waals surface area contributed by atoms with Crippen molar-refractivity contribution in [3.63, 3.8) is 0 Å². The zero-order valence-electron chi connectivity index (χ0n) is 13.3. The van der Waals surface area contributed by atoms with Crippen molar-refractivity contribution in [2.24, 2.45) is 0 Å². The Morgan fingerprint density at radius 1 is 1.30 bits per heavy atom. The molecule has 0 saturated carbocycles. The molecule has 3 aromatic heterocycles. The third-order valence-electron chi connectivity index (χ3n) is 3.77. The van der Waals surface area contributed by atoms with Crippen LogP contribution in [0.4, 0.5) is 0 Å². The highest BCUT2D eigenvalue weighted by atomic mass is 16.2. The van der Waals surface area contributed by atoms with E-state index in [1.54, 1.807) is 18.9 Å². The van der Waals surface area contributed by atoms with Crippen molar-refractivity contribution in [1.29, 1.82) is 0 Å². The number of nitrogens with one attached hydrogen (secondary N) is 1. The van der Waals surface area contributed by atoms with Gasteiger partial charge in [0.2, 0.25) is 0 Å². The van der Waals surface area contributed by atoms with Gasteiger partial charge < -0.3 is 14.3 Å². The molecule has 0 saturated heterocycles. The van der Waals surface area contributed by atoms with Gasteiger partial charge in [0.15, 0.2) is 5.43 Å². The molecule has 0 atom stereocenters. The molecule has 3 aromatic rings. The van der Waals surface area contributed by atoms with E-state index in [1.807, 2.05) is 35.7 Å². The smallest absolute Gasteiger partial charge is 0.270 e. The summed E-state index contributed by atoms with van der Waals surface area (Å²) in [4.78, 5) is 33.1. The van der Waals surface area contributed by atoms with E-state index in [1.165, 1.54) is 12.1 Å². The molecule has 0 fully saturated rings. The first-order valence-corrected chi connectivity index (χ1v) is 7.34. The Hall–Kier alpha value is -2.89. The Morgan fingerprint density at radius 2 is 2.09 bits per heavy atom. The van der Waals surface area contributed by atoms with E-state index >= 15 is 0 Å². The first-order valence-electron chi connectivity index (χ1n) is 7.34. The largest absolute Gasteiger partial charge is 0.354 e. The Morgan fingerprint density at radius 3 is 2.83 bits per heavy atom. The normalized spacial score (nSPS) is 10.9. The fraction of sp³-hybridized carbons (Fsp3) is 0.235. The first-order chi connectivity index (χ1) is 11.0. The third kappa shape index (κ3) is 2.88. The molecule has 3 heterocycles. The zero-order valence-corrected chi connectivity index (χ0v) is 13.3. The lowest BCUT2D eigenvalue weighted by molar-refractivity contribution is 0.0776. The maximum Gasteiger partial charge on any atom is 0.270 e. The minimum atomic E-state index is -0.226. The lowest BCUT2D eigenvalue weighted by Gasteiger charge is -2.17. The average Bonchev–Trinajstić information content (AvgIpc) is 2.81. The van der Waals surface area contributed by atoms with E-state index in [4.69, 9.17) is 0 Å². The van der Waals surface area contributed by atoms with E-state index < -0.39 is 0 Å². The number of amides is 1. The summed E-state index contributed by atoms with van der Waals surface area (Å²) < 4.78 is 1.97. The third-order valence-corrected chi connectivity index (χ3v) is 3.77. The van der Waals surface area contributed by atoms with Crippen LogP contribution in [0.3, 0.4) is 0 Å². The molecule has 0 aliphatic rings. The number of aromatic nitrogens is 3. The summed E-state index contributed by atoms with van der Waals surface area (Å²) in [7, 11) is 1.71. The second-order valence-electron chi connectivity index (χ2n) is 5.65. The monoisotopic (exact) mass is 310 g/mol. The van der Waals surface area contributed by atoms with Crippen LogP contribution in [0, 0.1) is 13.8 Å². The summed E-state index contributed by atoms with van der Waals surface area (Å²) in [5.74, 6) is -0.226. The van der Waals surface area contributed by atoms with E-state index in [2.05, 4.69) is 9.97 Å². The van der Waals surface area contributed by atoms with Gasteiger partial charge in [-0.25, -0.2) is 4.98 Å². The van der Waals surface area contributed by atoms with Crippen LogP contribution in [-0.4, -0.2) is 32.2 Å². The molecule has 0 radical (unpaired) electrons. The van der Waals surface area contributed by atoms with Crippen molar-refractivity contribution in [2.45, 2.75) is 20.4 Å². The van der Waals surface area contributed by atoms with Crippen LogP contribution < -0.4 is 5.43 Å². The van der Waals surface area contributed by atoms with E-state index in [0.29, 0.717) is 17.9 Å². The molecule has 0 aromatic carbocycles. The second kappa shape index (κ2) is 5.72. The summed E-state index contributed by atoms with van der Waals surface area (Å²) in [6.45, 7) is 4.09. The molecular formula is C17H18N4O2. The minimum Gasteiger partial charge on any atom is -0.354 e. The lowest BCUT2D eigenvalue weighted by atomic mass is 10.2. The Balaban J connectivity index is 1.91. The van der Waals surface area contributed by atoms with Gasteiger partial charge in [-0.2, -0.15) is 0 Å². The van der Waals surface area contributed by atoms with E-state index in [9.17, 15) is 9.59 Å². The van der Waals surface area contributed by atoms with Gasteiger partial charge in [-0.05, 0) is 26.0 Å². The molecular weight excluding hydrogens is 292 g/mol. The molecule has 0 spiro atoms. The Labute approximate surface area is 133 Å². The van der Waals surface area contributed by atoms with Gasteiger partial charge in [0.1, 0.15) is 11.3 Å². The van der Waals surface area contributed by atoms with Crippen LogP contribution in [0.15, 0.2) is 41.3 Å². The number of imidazole rings is 1. The Bertz CT molecular complexity index is 939. The number of carbonyl (C=O) groups is 1. The van der Waals surface area contributed by atoms with Crippen molar-refractivity contribution in [3.05, 3.63) is 69.5 Å². The maximum atomic E-state index is 12.5. The van der Waals surface area contributed by atoms with Crippen LogP contribution in [0.2, 0.25) is 0 Å². The molecule has 1 N–H and O–H groups in total. The van der Waals surface area contributed by atoms with Crippen molar-refractivity contribution >= 4 is 11.6 Å². The molecule has 6 nitrogen and oxygen atoms in total. The molecule has 23 heavy (non-hydrogen) atoms. The quantitative estimate of drug-likeness (QED) is 0.803. The second-order valence-corrected chi connectivity index (χ2v) is 5.65. The summed E-state index contributed by atoms with van der Waals surface area (Å²) in [6, 6.07) is 8.57. The molecule has 3 rings (SSSR count). The number of hydrogen-bond donors (Lipinski definition) is 1. The van der Waals surface area contributed by atoms with Gasteiger partial charge in [0.25, 0.3) is 5.91 Å². The first kappa shape index (κ1) is 15.0. The van der Waals surface area contributed by atoms with Crippen LogP contribution in [0.25, 0.3) is 5.65 Å². The number of nitrogens with zero attached hydrogens (tertiary/aromatic N) is 3. The number of H-pyrrole nitrogens is 1. The summed E-state index contributed by atoms with van der Waals surface area (Å²) in [6.07, 6.45) is 1.93. The van der Waals surface area contributed by atoms with Gasteiger partial charge in [0.05, 0.1) is 17.9 Å². The van der Waals surface area contributed by atoms with Gasteiger partial charge in [-0.3, -0.25) is 9.59 Å². The van der Waals surface area contributed by atoms with Gasteiger partial charge in [-0.1, -0.05) is 6.07 Å². The number of aryl methyl sites for hydroxylation is 2. The van der Waals surface area contributed by atoms with Crippen LogP contribution >= 0.6 is 0 Å². The van der Waals surface area contributed by atoms with Crippen molar-refractivity contribution in [1.82, 2.24) is 19.3 Å². The van der Waals surface area contributed by atoms with Crippen molar-refractivity contribution in [3.8, 4) is 0 Å². The highest BCUT2D eigenvalue weighted by Gasteiger charge is 2.17. The predicted molar refractivity (Wildman–Crippen MR) is 87.5 cm³/mol. The number of fused-ring (bicyclic) bond motifs is 1. The van der Waals surface area contributed by atoms with E-state index in [-0.39, 0.29) is 11.3 Å². The molecule has 0 aliphatic heterocycles. The molecule has 0 unspecified atom stereocenters. The summed E-state index contributed by atoms with van der Waals surface area (Å²) in [5.41, 5.74) is 3.47. The number of carbonyl (C=O) groups excluding carboxylic acids is 1. The lowest BCUT2D eigenvalue weighted by Crippen LogP contribution is -2.29. The van der Waals surface area contributed by atoms with Crippen LogP contribution in [0.1, 0.15) is 27.6 Å². The highest BCUT2D eigenvalue weighted by Crippen LogP contribution is 2.14. The van der Waals surface area contributed by atoms with Crippen LogP contribution in [0.5, 0.6) is 0 Å². The molecule has 1 amide bonds. The highest BCUT2D eigenvalue weighted by molar-refractivity contribution is 5.92. The molecule has 0 bridgehead atoms. The predicted octanol–water partition coefficient (Wildman–Crippen LogP) is 1.91. The van der Waals surface area contributed by atoms with E-state index in [0.717, 1.165) is 17.0 Å². The number of pyridine rings is 2. The zero-order chi connectivity index (χ0) is 16.6. The SMILES string of the molecule is Cc1cc(=O)cc(C(=O)N(C)Cc2c(C)nc3ccccn23)[nH]1. The summed E-state index contributed by atoms with van der Waals surface area (Å²) >= 11 is 0.